The van der Waals surface area contributed by atoms with Gasteiger partial charge in [0.25, 0.3) is 0 Å². The molecule has 0 aliphatic rings. The van der Waals surface area contributed by atoms with Crippen LogP contribution in [0, 0.1) is 17.8 Å². The first kappa shape index (κ1) is 90.9. The Morgan fingerprint density at radius 1 is 0.375 bits per heavy atom. The molecule has 0 aromatic heterocycles. The average Bonchev–Trinajstić information content (AvgIpc) is 3.54. The number of hydrogen-bond donors (Lipinski definition) is 4. The lowest BCUT2D eigenvalue weighted by Crippen LogP contribution is -2.38. The topological polar surface area (TPSA) is 141 Å². The predicted octanol–water partition coefficient (Wildman–Crippen LogP) is 20.8. The third kappa shape index (κ3) is 43.2. The lowest BCUT2D eigenvalue weighted by molar-refractivity contribution is 0.161. The SMILES string of the molecule is CC.CC.CC.CC.CC.CC.CC.CC.CC(N)C(C)C(C)c1ccccc1.COC(=O)NC(C)/C(C)=C(\C)c1ccccc1.COC(=O)NC(C)C(C)C(C)c1ccccc1.COC(=O)NC(C)C(C)C(C)c1ccccc1.[HH]. The maximum absolute atomic E-state index is 11.2. The van der Waals surface area contributed by atoms with Crippen molar-refractivity contribution >= 4 is 23.9 Å². The van der Waals surface area contributed by atoms with Crippen molar-refractivity contribution in [2.45, 2.75) is 236 Å². The fourth-order valence-electron chi connectivity index (χ4n) is 6.84. The van der Waals surface area contributed by atoms with Gasteiger partial charge >= 0.3 is 18.3 Å². The molecule has 4 rings (SSSR count). The number of rotatable bonds is 14. The summed E-state index contributed by atoms with van der Waals surface area (Å²) in [7, 11) is 4.13. The molecule has 0 fully saturated rings. The van der Waals surface area contributed by atoms with Crippen LogP contribution in [-0.2, 0) is 14.2 Å². The molecule has 0 bridgehead atoms. The molecule has 4 aromatic rings. The first-order chi connectivity index (χ1) is 38.3. The summed E-state index contributed by atoms with van der Waals surface area (Å²) in [6.07, 6.45) is -1.15. The van der Waals surface area contributed by atoms with E-state index in [2.05, 4.69) is 146 Å². The van der Waals surface area contributed by atoms with Gasteiger partial charge in [0, 0.05) is 19.6 Å². The summed E-state index contributed by atoms with van der Waals surface area (Å²) in [5, 5.41) is 8.40. The van der Waals surface area contributed by atoms with E-state index < -0.39 is 6.09 Å². The number of nitrogens with one attached hydrogen (secondary N) is 3. The molecule has 4 aromatic carbocycles. The van der Waals surface area contributed by atoms with Gasteiger partial charge in [-0.3, -0.25) is 0 Å². The van der Waals surface area contributed by atoms with Gasteiger partial charge in [-0.15, -0.1) is 0 Å². The number of nitrogens with two attached hydrogens (primary N) is 1. The zero-order valence-corrected chi connectivity index (χ0v) is 57.3. The number of carbonyl (C=O) groups excluding carboxylic acids is 3. The molecule has 0 aliphatic carbocycles. The number of hydrogen-bond acceptors (Lipinski definition) is 7. The highest BCUT2D eigenvalue weighted by molar-refractivity contribution is 5.71. The van der Waals surface area contributed by atoms with E-state index in [1.807, 2.05) is 199 Å². The summed E-state index contributed by atoms with van der Waals surface area (Å²) in [4.78, 5) is 33.4. The van der Waals surface area contributed by atoms with E-state index in [1.165, 1.54) is 49.2 Å². The van der Waals surface area contributed by atoms with E-state index in [1.54, 1.807) is 0 Å². The number of methoxy groups -OCH3 is 3. The van der Waals surface area contributed by atoms with Crippen LogP contribution < -0.4 is 21.7 Å². The molecule has 0 heterocycles. The molecule has 10 atom stereocenters. The Labute approximate surface area is 497 Å². The van der Waals surface area contributed by atoms with E-state index in [4.69, 9.17) is 5.73 Å². The number of ether oxygens (including phenoxy) is 3. The molecule has 10 nitrogen and oxygen atoms in total. The van der Waals surface area contributed by atoms with Crippen LogP contribution >= 0.6 is 0 Å². The van der Waals surface area contributed by atoms with E-state index in [0.29, 0.717) is 35.5 Å². The van der Waals surface area contributed by atoms with Crippen molar-refractivity contribution in [3.8, 4) is 0 Å². The van der Waals surface area contributed by atoms with Crippen LogP contribution in [0.3, 0.4) is 0 Å². The van der Waals surface area contributed by atoms with Crippen molar-refractivity contribution in [3.05, 3.63) is 149 Å². The predicted molar refractivity (Wildman–Crippen MR) is 358 cm³/mol. The molecule has 10 heteroatoms. The van der Waals surface area contributed by atoms with Crippen molar-refractivity contribution in [1.82, 2.24) is 16.0 Å². The largest absolute Gasteiger partial charge is 0.453 e. The van der Waals surface area contributed by atoms with Crippen LogP contribution in [0.25, 0.3) is 5.57 Å². The molecule has 0 saturated carbocycles. The van der Waals surface area contributed by atoms with Gasteiger partial charge in [-0.2, -0.15) is 0 Å². The van der Waals surface area contributed by atoms with E-state index in [9.17, 15) is 14.4 Å². The van der Waals surface area contributed by atoms with Gasteiger partial charge in [-0.25, -0.2) is 14.4 Å². The minimum Gasteiger partial charge on any atom is -0.453 e. The summed E-state index contributed by atoms with van der Waals surface area (Å²) in [5.41, 5.74) is 13.3. The molecule has 0 spiro atoms. The molecule has 5 N–H and O–H groups in total. The summed E-state index contributed by atoms with van der Waals surface area (Å²) >= 11 is 0. The lowest BCUT2D eigenvalue weighted by atomic mass is 9.84. The quantitative estimate of drug-likeness (QED) is 0.0922. The summed E-state index contributed by atoms with van der Waals surface area (Å²) in [6, 6.07) is 41.7. The third-order valence-corrected chi connectivity index (χ3v) is 12.8. The summed E-state index contributed by atoms with van der Waals surface area (Å²) < 4.78 is 13.8. The molecule has 0 radical (unpaired) electrons. The maximum Gasteiger partial charge on any atom is 0.407 e. The Bertz CT molecular complexity index is 1850. The van der Waals surface area contributed by atoms with Gasteiger partial charge in [-0.05, 0) is 110 Å². The second-order valence-corrected chi connectivity index (χ2v) is 16.9. The number of carbonyl (C=O) groups is 3. The Kier molecular flexibility index (Phi) is 73.0. The van der Waals surface area contributed by atoms with E-state index >= 15 is 0 Å². The molecule has 0 aliphatic heterocycles. The number of amides is 3. The second-order valence-electron chi connectivity index (χ2n) is 16.9. The van der Waals surface area contributed by atoms with Gasteiger partial charge in [0.15, 0.2) is 0 Å². The smallest absolute Gasteiger partial charge is 0.407 e. The third-order valence-electron chi connectivity index (χ3n) is 12.8. The highest BCUT2D eigenvalue weighted by Gasteiger charge is 2.23. The summed E-state index contributed by atoms with van der Waals surface area (Å²) in [5.74, 6) is 2.54. The molecular formula is C70H130N4O6. The van der Waals surface area contributed by atoms with Crippen molar-refractivity contribution in [1.29, 1.82) is 0 Å². The lowest BCUT2D eigenvalue weighted by Gasteiger charge is -2.26. The molecule has 80 heavy (non-hydrogen) atoms. The zero-order chi connectivity index (χ0) is 64.4. The van der Waals surface area contributed by atoms with Crippen molar-refractivity contribution in [3.63, 3.8) is 0 Å². The summed E-state index contributed by atoms with van der Waals surface area (Å²) in [6.45, 7) is 57.2. The standard InChI is InChI=1S/2C14H21NO2.C14H19NO2.C12H19N.8C2H6.H2/c3*1-10(12(3)15-14(16)17-4)11(2)13-8-6-5-7-9-13;1-9(11(3)13)10(2)12-7-5-4-6-8-12;8*1-2;/h2*5-12H,1-4H3,(H,15,16);5-9,12H,1-4H3,(H,15,16);4-11H,13H2,1-3H3;8*1-2H3;1H/b;;11-10+;;;;;;;;;;. The van der Waals surface area contributed by atoms with Gasteiger partial charge < -0.3 is 35.9 Å². The monoisotopic (exact) mass is 1120 g/mol. The minimum atomic E-state index is -0.405. The Hall–Kier alpha value is -5.61. The number of allylic oxidation sites excluding steroid dienone is 1. The highest BCUT2D eigenvalue weighted by Crippen LogP contribution is 2.28. The average molecular weight is 1120 g/mol. The van der Waals surface area contributed by atoms with Crippen LogP contribution in [0.2, 0.25) is 0 Å². The van der Waals surface area contributed by atoms with Crippen LogP contribution in [0.5, 0.6) is 0 Å². The van der Waals surface area contributed by atoms with Crippen LogP contribution in [0.4, 0.5) is 14.4 Å². The Morgan fingerprint density at radius 2 is 0.600 bits per heavy atom. The van der Waals surface area contributed by atoms with E-state index in [0.717, 1.165) is 5.57 Å². The molecule has 10 unspecified atom stereocenters. The van der Waals surface area contributed by atoms with Crippen molar-refractivity contribution in [2.24, 2.45) is 23.5 Å². The molecule has 466 valence electrons. The molecule has 3 amide bonds. The second kappa shape index (κ2) is 64.2. The fraction of sp³-hybridized carbons (Fsp3) is 0.586. The molecular weight excluding hydrogens is 993 g/mol. The normalized spacial score (nSPS) is 13.1. The first-order valence-corrected chi connectivity index (χ1v) is 30.5. The van der Waals surface area contributed by atoms with Gasteiger partial charge in [0.1, 0.15) is 0 Å². The minimum absolute atomic E-state index is 0. The van der Waals surface area contributed by atoms with Gasteiger partial charge in [0.05, 0.1) is 27.4 Å². The van der Waals surface area contributed by atoms with E-state index in [-0.39, 0.29) is 37.8 Å². The number of alkyl carbamates (subject to hydrolysis) is 3. The Morgan fingerprint density at radius 3 is 0.838 bits per heavy atom. The first-order valence-electron chi connectivity index (χ1n) is 30.5. The molecule has 0 saturated heterocycles. The van der Waals surface area contributed by atoms with Crippen molar-refractivity contribution < 1.29 is 30.0 Å². The van der Waals surface area contributed by atoms with Gasteiger partial charge in [-0.1, -0.05) is 274 Å². The fourth-order valence-corrected chi connectivity index (χ4v) is 6.84. The highest BCUT2D eigenvalue weighted by atomic mass is 16.5. The number of benzene rings is 4. The van der Waals surface area contributed by atoms with Crippen LogP contribution in [0.1, 0.15) is 235 Å². The maximum atomic E-state index is 11.2. The Balaban J connectivity index is -0.000000112. The van der Waals surface area contributed by atoms with Crippen LogP contribution in [0.15, 0.2) is 127 Å². The van der Waals surface area contributed by atoms with Crippen LogP contribution in [-0.4, -0.2) is 63.8 Å². The van der Waals surface area contributed by atoms with Gasteiger partial charge in [0.2, 0.25) is 0 Å². The van der Waals surface area contributed by atoms with Crippen molar-refractivity contribution in [2.75, 3.05) is 21.3 Å². The zero-order valence-electron chi connectivity index (χ0n) is 57.3.